The molecule has 0 bridgehead atoms. The number of fused-ring (bicyclic) bond motifs is 2. The maximum Gasteiger partial charge on any atom is 0.333 e. The molecule has 0 radical (unpaired) electrons. The average molecular weight is 449 g/mol. The van der Waals surface area contributed by atoms with Gasteiger partial charge in [0.2, 0.25) is 0 Å². The molecule has 7 nitrogen and oxygen atoms in total. The van der Waals surface area contributed by atoms with E-state index >= 15 is 0 Å². The normalized spacial score (nSPS) is 40.8. The van der Waals surface area contributed by atoms with Crippen LogP contribution in [-0.4, -0.2) is 58.8 Å². The van der Waals surface area contributed by atoms with E-state index in [1.807, 2.05) is 27.7 Å². The van der Waals surface area contributed by atoms with Gasteiger partial charge in [0.15, 0.2) is 0 Å². The Balaban J connectivity index is 1.91. The zero-order valence-electron chi connectivity index (χ0n) is 20.1. The number of hydrogen-bond donors (Lipinski definition) is 1. The maximum absolute atomic E-state index is 12.5. The summed E-state index contributed by atoms with van der Waals surface area (Å²) < 4.78 is 23.6. The minimum absolute atomic E-state index is 0.229. The quantitative estimate of drug-likeness (QED) is 0.298. The Morgan fingerprint density at radius 3 is 2.19 bits per heavy atom. The van der Waals surface area contributed by atoms with Gasteiger partial charge in [-0.15, -0.1) is 0 Å². The standard InChI is InChI=1S/C25H36O7/c1-9-15(6)23(28)29-17-12-19-25(8,32-19)22(27)21(30-20(26)10-13(2)3)16(14(4)5)11-18-24(17,7)31-18/h9-10,16-19,21-22,27H,4,11-12H2,1-3,5-8H3. The van der Waals surface area contributed by atoms with Crippen LogP contribution in [0.15, 0.2) is 35.5 Å². The Hall–Kier alpha value is -1.96. The fraction of sp³-hybridized carbons (Fsp3) is 0.680. The Labute approximate surface area is 190 Å². The molecule has 8 atom stereocenters. The van der Waals surface area contributed by atoms with E-state index in [-0.39, 0.29) is 18.1 Å². The Bertz CT molecular complexity index is 854. The first kappa shape index (κ1) is 24.7. The number of allylic oxidation sites excluding steroid dienone is 2. The van der Waals surface area contributed by atoms with Crippen LogP contribution in [0.1, 0.15) is 61.3 Å². The van der Waals surface area contributed by atoms with Gasteiger partial charge in [-0.1, -0.05) is 23.8 Å². The van der Waals surface area contributed by atoms with Gasteiger partial charge in [0.05, 0.1) is 12.2 Å². The van der Waals surface area contributed by atoms with Crippen LogP contribution in [-0.2, 0) is 28.5 Å². The van der Waals surface area contributed by atoms with Crippen LogP contribution >= 0.6 is 0 Å². The molecular weight excluding hydrogens is 412 g/mol. The minimum Gasteiger partial charge on any atom is -0.456 e. The molecule has 2 aliphatic heterocycles. The van der Waals surface area contributed by atoms with E-state index in [0.29, 0.717) is 18.4 Å². The fourth-order valence-electron chi connectivity index (χ4n) is 4.53. The molecule has 3 aliphatic rings. The highest BCUT2D eigenvalue weighted by Gasteiger charge is 2.68. The van der Waals surface area contributed by atoms with Crippen molar-refractivity contribution in [3.05, 3.63) is 35.5 Å². The molecule has 2 heterocycles. The van der Waals surface area contributed by atoms with Crippen LogP contribution in [0, 0.1) is 5.92 Å². The van der Waals surface area contributed by atoms with Gasteiger partial charge in [0.1, 0.15) is 29.5 Å². The molecule has 0 spiro atoms. The highest BCUT2D eigenvalue weighted by molar-refractivity contribution is 5.87. The summed E-state index contributed by atoms with van der Waals surface area (Å²) in [5.41, 5.74) is 0.496. The highest BCUT2D eigenvalue weighted by Crippen LogP contribution is 2.53. The number of rotatable bonds is 5. The molecule has 0 amide bonds. The van der Waals surface area contributed by atoms with E-state index in [1.54, 1.807) is 26.8 Å². The van der Waals surface area contributed by atoms with Crippen molar-refractivity contribution in [2.24, 2.45) is 5.92 Å². The largest absolute Gasteiger partial charge is 0.456 e. The van der Waals surface area contributed by atoms with Crippen molar-refractivity contribution in [1.29, 1.82) is 0 Å². The number of aliphatic hydroxyl groups is 1. The topological polar surface area (TPSA) is 97.9 Å². The van der Waals surface area contributed by atoms with Gasteiger partial charge >= 0.3 is 11.9 Å². The Kier molecular flexibility index (Phi) is 6.76. The number of carbonyl (C=O) groups is 2. The number of hydrogen-bond acceptors (Lipinski definition) is 7. The Morgan fingerprint density at radius 1 is 1.03 bits per heavy atom. The smallest absolute Gasteiger partial charge is 0.333 e. The molecular formula is C25H36O7. The summed E-state index contributed by atoms with van der Waals surface area (Å²) in [5, 5.41) is 11.3. The zero-order valence-corrected chi connectivity index (χ0v) is 20.1. The fourth-order valence-corrected chi connectivity index (χ4v) is 4.53. The van der Waals surface area contributed by atoms with Crippen molar-refractivity contribution in [3.63, 3.8) is 0 Å². The summed E-state index contributed by atoms with van der Waals surface area (Å²) in [4.78, 5) is 24.9. The second kappa shape index (κ2) is 8.76. The van der Waals surface area contributed by atoms with Gasteiger partial charge < -0.3 is 24.1 Å². The van der Waals surface area contributed by atoms with Crippen molar-refractivity contribution in [2.75, 3.05) is 0 Å². The summed E-state index contributed by atoms with van der Waals surface area (Å²) in [6.45, 7) is 16.8. The lowest BCUT2D eigenvalue weighted by Crippen LogP contribution is -2.49. The van der Waals surface area contributed by atoms with Crippen LogP contribution in [0.4, 0.5) is 0 Å². The summed E-state index contributed by atoms with van der Waals surface area (Å²) in [5.74, 6) is -1.25. The third-order valence-corrected chi connectivity index (χ3v) is 7.08. The molecule has 3 fully saturated rings. The van der Waals surface area contributed by atoms with Gasteiger partial charge in [-0.25, -0.2) is 9.59 Å². The van der Waals surface area contributed by atoms with Crippen molar-refractivity contribution >= 4 is 11.9 Å². The molecule has 178 valence electrons. The molecule has 7 heteroatoms. The van der Waals surface area contributed by atoms with Gasteiger partial charge in [-0.2, -0.15) is 0 Å². The van der Waals surface area contributed by atoms with Crippen LogP contribution in [0.3, 0.4) is 0 Å². The summed E-state index contributed by atoms with van der Waals surface area (Å²) in [7, 11) is 0. The maximum atomic E-state index is 12.5. The summed E-state index contributed by atoms with van der Waals surface area (Å²) in [6, 6.07) is 0. The third kappa shape index (κ3) is 4.70. The molecule has 1 aliphatic carbocycles. The minimum atomic E-state index is -1.07. The van der Waals surface area contributed by atoms with Gasteiger partial charge in [0, 0.05) is 24.0 Å². The Morgan fingerprint density at radius 2 is 1.62 bits per heavy atom. The molecule has 0 aromatic carbocycles. The number of aliphatic hydroxyl groups excluding tert-OH is 1. The lowest BCUT2D eigenvalue weighted by molar-refractivity contribution is -0.156. The third-order valence-electron chi connectivity index (χ3n) is 7.08. The van der Waals surface area contributed by atoms with E-state index in [0.717, 1.165) is 11.1 Å². The number of ether oxygens (including phenoxy) is 4. The molecule has 0 aromatic heterocycles. The molecule has 1 N–H and O–H groups in total. The molecule has 32 heavy (non-hydrogen) atoms. The molecule has 8 unspecified atom stereocenters. The number of carbonyl (C=O) groups excluding carboxylic acids is 2. The first-order valence-electron chi connectivity index (χ1n) is 11.2. The molecule has 1 saturated carbocycles. The predicted molar refractivity (Wildman–Crippen MR) is 119 cm³/mol. The van der Waals surface area contributed by atoms with E-state index < -0.39 is 41.5 Å². The van der Waals surface area contributed by atoms with Crippen molar-refractivity contribution in [3.8, 4) is 0 Å². The number of epoxide rings is 2. The predicted octanol–water partition coefficient (Wildman–Crippen LogP) is 3.40. The second-order valence-corrected chi connectivity index (χ2v) is 9.94. The molecule has 0 aromatic rings. The van der Waals surface area contributed by atoms with Crippen LogP contribution < -0.4 is 0 Å². The second-order valence-electron chi connectivity index (χ2n) is 9.94. The summed E-state index contributed by atoms with van der Waals surface area (Å²) >= 11 is 0. The van der Waals surface area contributed by atoms with E-state index in [2.05, 4.69) is 6.58 Å². The average Bonchev–Trinajstić information content (AvgIpc) is 3.57. The monoisotopic (exact) mass is 448 g/mol. The number of esters is 2. The molecule has 2 saturated heterocycles. The van der Waals surface area contributed by atoms with Gasteiger partial charge in [-0.05, 0) is 54.9 Å². The highest BCUT2D eigenvalue weighted by atomic mass is 16.7. The molecule has 3 rings (SSSR count). The lowest BCUT2D eigenvalue weighted by atomic mass is 9.78. The first-order valence-corrected chi connectivity index (χ1v) is 11.2. The van der Waals surface area contributed by atoms with E-state index in [9.17, 15) is 14.7 Å². The van der Waals surface area contributed by atoms with Crippen molar-refractivity contribution in [1.82, 2.24) is 0 Å². The van der Waals surface area contributed by atoms with Crippen LogP contribution in [0.25, 0.3) is 0 Å². The van der Waals surface area contributed by atoms with E-state index in [1.165, 1.54) is 6.08 Å². The summed E-state index contributed by atoms with van der Waals surface area (Å²) in [6.07, 6.45) is 0.964. The van der Waals surface area contributed by atoms with Gasteiger partial charge in [-0.3, -0.25) is 0 Å². The van der Waals surface area contributed by atoms with Crippen LogP contribution in [0.5, 0.6) is 0 Å². The van der Waals surface area contributed by atoms with Gasteiger partial charge in [0.25, 0.3) is 0 Å². The SMILES string of the molecule is C=C(C)C1CC2OC2(C)C(OC(=O)C(C)=CC)CC2OC2(C)C(O)C1OC(=O)C=C(C)C. The van der Waals surface area contributed by atoms with E-state index in [4.69, 9.17) is 18.9 Å². The lowest BCUT2D eigenvalue weighted by Gasteiger charge is -2.34. The van der Waals surface area contributed by atoms with Crippen molar-refractivity contribution < 1.29 is 33.6 Å². The zero-order chi connectivity index (χ0) is 24.0. The van der Waals surface area contributed by atoms with Crippen LogP contribution in [0.2, 0.25) is 0 Å². The first-order chi connectivity index (χ1) is 14.8. The van der Waals surface area contributed by atoms with Crippen molar-refractivity contribution in [2.45, 2.75) is 103 Å².